The molecule has 0 aliphatic carbocycles. The first-order chi connectivity index (χ1) is 12.0. The molecular formula is C17H17ClN4O3. The molecule has 0 saturated carbocycles. The molecule has 2 heterocycles. The van der Waals surface area contributed by atoms with Gasteiger partial charge in [0.25, 0.3) is 11.5 Å². The molecule has 0 saturated heterocycles. The smallest absolute Gasteiger partial charge is 0.276 e. The second-order valence-electron chi connectivity index (χ2n) is 5.72. The van der Waals surface area contributed by atoms with Crippen molar-refractivity contribution in [2.45, 2.75) is 26.8 Å². The SMILES string of the molecule is CCCN(Cc1nc2cc(Cl)ccc2c(=O)[nH]1)C(=O)c1cc(C)on1. The van der Waals surface area contributed by atoms with Crippen molar-refractivity contribution >= 4 is 28.4 Å². The molecule has 1 aromatic carbocycles. The van der Waals surface area contributed by atoms with E-state index in [-0.39, 0.29) is 23.7 Å². The zero-order valence-electron chi connectivity index (χ0n) is 13.9. The Bertz CT molecular complexity index is 979. The molecule has 1 amide bonds. The highest BCUT2D eigenvalue weighted by molar-refractivity contribution is 6.31. The lowest BCUT2D eigenvalue weighted by atomic mass is 10.2. The first-order valence-corrected chi connectivity index (χ1v) is 8.26. The zero-order valence-corrected chi connectivity index (χ0v) is 14.6. The number of rotatable bonds is 5. The van der Waals surface area contributed by atoms with Gasteiger partial charge >= 0.3 is 0 Å². The van der Waals surface area contributed by atoms with E-state index in [2.05, 4.69) is 15.1 Å². The van der Waals surface area contributed by atoms with Crippen molar-refractivity contribution in [3.05, 3.63) is 56.9 Å². The van der Waals surface area contributed by atoms with E-state index >= 15 is 0 Å². The minimum atomic E-state index is -0.271. The topological polar surface area (TPSA) is 92.1 Å². The Hall–Kier alpha value is -2.67. The van der Waals surface area contributed by atoms with Crippen LogP contribution in [0.2, 0.25) is 5.02 Å². The van der Waals surface area contributed by atoms with Gasteiger partial charge in [0.15, 0.2) is 5.69 Å². The number of aryl methyl sites for hydroxylation is 1. The van der Waals surface area contributed by atoms with Crippen molar-refractivity contribution in [3.8, 4) is 0 Å². The molecule has 0 unspecified atom stereocenters. The highest BCUT2D eigenvalue weighted by atomic mass is 35.5. The van der Waals surface area contributed by atoms with Crippen LogP contribution in [0.3, 0.4) is 0 Å². The van der Waals surface area contributed by atoms with Gasteiger partial charge in [0.2, 0.25) is 0 Å². The molecule has 0 aliphatic heterocycles. The summed E-state index contributed by atoms with van der Waals surface area (Å²) in [6.45, 7) is 4.35. The summed E-state index contributed by atoms with van der Waals surface area (Å²) in [6.07, 6.45) is 0.756. The van der Waals surface area contributed by atoms with Crippen LogP contribution in [0, 0.1) is 6.92 Å². The fourth-order valence-electron chi connectivity index (χ4n) is 2.57. The molecule has 25 heavy (non-hydrogen) atoms. The predicted octanol–water partition coefficient (Wildman–Crippen LogP) is 2.93. The molecule has 7 nitrogen and oxygen atoms in total. The number of hydrogen-bond donors (Lipinski definition) is 1. The van der Waals surface area contributed by atoms with E-state index in [1.54, 1.807) is 36.1 Å². The van der Waals surface area contributed by atoms with Gasteiger partial charge in [-0.05, 0) is 31.5 Å². The Kier molecular flexibility index (Phi) is 4.85. The number of benzene rings is 1. The number of halogens is 1. The number of H-pyrrole nitrogens is 1. The van der Waals surface area contributed by atoms with Crippen LogP contribution in [-0.4, -0.2) is 32.5 Å². The molecule has 0 spiro atoms. The van der Waals surface area contributed by atoms with Crippen molar-refractivity contribution in [2.24, 2.45) is 0 Å². The van der Waals surface area contributed by atoms with Crippen LogP contribution in [0.15, 0.2) is 33.6 Å². The zero-order chi connectivity index (χ0) is 18.0. The van der Waals surface area contributed by atoms with Crippen molar-refractivity contribution in [1.82, 2.24) is 20.0 Å². The van der Waals surface area contributed by atoms with Crippen molar-refractivity contribution < 1.29 is 9.32 Å². The van der Waals surface area contributed by atoms with E-state index in [0.717, 1.165) is 6.42 Å². The standard InChI is InChI=1S/C17H17ClN4O3/c1-3-6-22(17(24)14-7-10(2)25-21-14)9-15-19-13-8-11(18)4-5-12(13)16(23)20-15/h4-5,7-8H,3,6,9H2,1-2H3,(H,19,20,23). The average molecular weight is 361 g/mol. The molecule has 2 aromatic heterocycles. The molecule has 1 N–H and O–H groups in total. The minimum Gasteiger partial charge on any atom is -0.361 e. The fraction of sp³-hybridized carbons (Fsp3) is 0.294. The Balaban J connectivity index is 1.93. The lowest BCUT2D eigenvalue weighted by molar-refractivity contribution is 0.0728. The molecule has 8 heteroatoms. The maximum atomic E-state index is 12.6. The number of carbonyl (C=O) groups is 1. The summed E-state index contributed by atoms with van der Waals surface area (Å²) in [6, 6.07) is 6.48. The monoisotopic (exact) mass is 360 g/mol. The Morgan fingerprint density at radius 3 is 2.84 bits per heavy atom. The molecule has 0 atom stereocenters. The van der Waals surface area contributed by atoms with Gasteiger partial charge in [-0.1, -0.05) is 23.7 Å². The van der Waals surface area contributed by atoms with Gasteiger partial charge in [-0.25, -0.2) is 4.98 Å². The quantitative estimate of drug-likeness (QED) is 0.755. The number of aromatic amines is 1. The van der Waals surface area contributed by atoms with Crippen LogP contribution in [0.1, 0.15) is 35.4 Å². The molecule has 130 valence electrons. The number of amides is 1. The molecule has 3 aromatic rings. The van der Waals surface area contributed by atoms with Gasteiger partial charge in [0, 0.05) is 17.6 Å². The highest BCUT2D eigenvalue weighted by Gasteiger charge is 2.20. The van der Waals surface area contributed by atoms with Crippen molar-refractivity contribution in [3.63, 3.8) is 0 Å². The van der Waals surface area contributed by atoms with Gasteiger partial charge < -0.3 is 14.4 Å². The maximum Gasteiger partial charge on any atom is 0.276 e. The summed E-state index contributed by atoms with van der Waals surface area (Å²) >= 11 is 5.98. The number of nitrogens with one attached hydrogen (secondary N) is 1. The van der Waals surface area contributed by atoms with Crippen molar-refractivity contribution in [1.29, 1.82) is 0 Å². The number of aromatic nitrogens is 3. The fourth-order valence-corrected chi connectivity index (χ4v) is 2.73. The van der Waals surface area contributed by atoms with E-state index in [4.69, 9.17) is 16.1 Å². The highest BCUT2D eigenvalue weighted by Crippen LogP contribution is 2.15. The maximum absolute atomic E-state index is 12.6. The second-order valence-corrected chi connectivity index (χ2v) is 6.16. The summed E-state index contributed by atoms with van der Waals surface area (Å²) < 4.78 is 4.97. The third-order valence-corrected chi connectivity index (χ3v) is 3.92. The first-order valence-electron chi connectivity index (χ1n) is 7.89. The van der Waals surface area contributed by atoms with Crippen molar-refractivity contribution in [2.75, 3.05) is 6.54 Å². The molecule has 0 bridgehead atoms. The van der Waals surface area contributed by atoms with E-state index < -0.39 is 0 Å². The number of carbonyl (C=O) groups excluding carboxylic acids is 1. The summed E-state index contributed by atoms with van der Waals surface area (Å²) in [7, 11) is 0. The first kappa shape index (κ1) is 17.2. The summed E-state index contributed by atoms with van der Waals surface area (Å²) in [5, 5.41) is 4.71. The lowest BCUT2D eigenvalue weighted by Crippen LogP contribution is -2.33. The third kappa shape index (κ3) is 3.71. The van der Waals surface area contributed by atoms with E-state index in [0.29, 0.717) is 34.1 Å². The third-order valence-electron chi connectivity index (χ3n) is 3.69. The summed E-state index contributed by atoms with van der Waals surface area (Å²) in [4.78, 5) is 33.6. The van der Waals surface area contributed by atoms with Crippen LogP contribution >= 0.6 is 11.6 Å². The Morgan fingerprint density at radius 1 is 1.36 bits per heavy atom. The normalized spacial score (nSPS) is 11.0. The summed E-state index contributed by atoms with van der Waals surface area (Å²) in [5.41, 5.74) is 0.461. The van der Waals surface area contributed by atoms with Crippen LogP contribution in [0.25, 0.3) is 10.9 Å². The van der Waals surface area contributed by atoms with Crippen LogP contribution in [-0.2, 0) is 6.54 Å². The van der Waals surface area contributed by atoms with Gasteiger partial charge in [0.1, 0.15) is 11.6 Å². The Labute approximate surface area is 148 Å². The lowest BCUT2D eigenvalue weighted by Gasteiger charge is -2.20. The van der Waals surface area contributed by atoms with Gasteiger partial charge in [0.05, 0.1) is 17.4 Å². The average Bonchev–Trinajstić information content (AvgIpc) is 3.00. The number of nitrogens with zero attached hydrogens (tertiary/aromatic N) is 3. The number of hydrogen-bond acceptors (Lipinski definition) is 5. The van der Waals surface area contributed by atoms with E-state index in [1.807, 2.05) is 6.92 Å². The van der Waals surface area contributed by atoms with Crippen LogP contribution < -0.4 is 5.56 Å². The largest absolute Gasteiger partial charge is 0.361 e. The molecule has 0 aliphatic rings. The number of fused-ring (bicyclic) bond motifs is 1. The predicted molar refractivity (Wildman–Crippen MR) is 93.6 cm³/mol. The van der Waals surface area contributed by atoms with E-state index in [9.17, 15) is 9.59 Å². The molecule has 0 radical (unpaired) electrons. The summed E-state index contributed by atoms with van der Waals surface area (Å²) in [5.74, 6) is 0.681. The van der Waals surface area contributed by atoms with Crippen LogP contribution in [0.5, 0.6) is 0 Å². The molecular weight excluding hydrogens is 344 g/mol. The molecule has 0 fully saturated rings. The minimum absolute atomic E-state index is 0.163. The van der Waals surface area contributed by atoms with Gasteiger partial charge in [-0.2, -0.15) is 0 Å². The Morgan fingerprint density at radius 2 is 2.16 bits per heavy atom. The second kappa shape index (κ2) is 7.06. The van der Waals surface area contributed by atoms with Gasteiger partial charge in [-0.15, -0.1) is 0 Å². The van der Waals surface area contributed by atoms with E-state index in [1.165, 1.54) is 0 Å². The van der Waals surface area contributed by atoms with Crippen LogP contribution in [0.4, 0.5) is 0 Å². The van der Waals surface area contributed by atoms with Gasteiger partial charge in [-0.3, -0.25) is 9.59 Å². The molecule has 3 rings (SSSR count).